The Labute approximate surface area is 283 Å². The number of carbonyl (C=O) groups excluding carboxylic acids is 1. The molecule has 1 spiro atoms. The van der Waals surface area contributed by atoms with E-state index >= 15 is 0 Å². The van der Waals surface area contributed by atoms with Gasteiger partial charge in [0.2, 0.25) is 5.60 Å². The van der Waals surface area contributed by atoms with Crippen LogP contribution in [0.2, 0.25) is 5.02 Å². The summed E-state index contributed by atoms with van der Waals surface area (Å²) in [6.07, 6.45) is 8.13. The number of benzene rings is 2. The molecular formula is C35H46ClN3O7S. The number of carbonyl (C=O) groups is 1. The number of aliphatic hydroxyl groups excluding tert-OH is 1. The number of fused-ring (bicyclic) bond motifs is 3. The number of anilines is 1. The van der Waals surface area contributed by atoms with Crippen molar-refractivity contribution < 1.29 is 32.9 Å². The summed E-state index contributed by atoms with van der Waals surface area (Å²) >= 11 is 6.40. The SMILES string of the molecule is C=CCCCN(CC(O)(C(=O)OC)c1ccc2c(c1)N(C[C@@H]1CC[C@H]1[C@@H](O)C=C)C[C@@]1(CCCc3cc(Cl)ccc31)CO2)S(N)(=O)=O. The Hall–Kier alpha value is -2.93. The highest BCUT2D eigenvalue weighted by Crippen LogP contribution is 2.47. The number of aryl methyl sites for hydroxylation is 1. The molecule has 1 unspecified atom stereocenters. The van der Waals surface area contributed by atoms with Crippen LogP contribution in [-0.2, 0) is 37.2 Å². The van der Waals surface area contributed by atoms with Gasteiger partial charge in [0.05, 0.1) is 32.1 Å². The third kappa shape index (κ3) is 7.25. The summed E-state index contributed by atoms with van der Waals surface area (Å²) in [5.41, 5.74) is 0.472. The first-order chi connectivity index (χ1) is 22.3. The second-order valence-corrected chi connectivity index (χ2v) is 15.2. The van der Waals surface area contributed by atoms with Crippen molar-refractivity contribution in [3.05, 3.63) is 83.4 Å². The number of hydrogen-bond acceptors (Lipinski definition) is 8. The van der Waals surface area contributed by atoms with Gasteiger partial charge in [0.25, 0.3) is 10.2 Å². The number of unbranched alkanes of at least 4 members (excludes halogenated alkanes) is 1. The van der Waals surface area contributed by atoms with E-state index in [0.29, 0.717) is 49.0 Å². The molecule has 1 aliphatic heterocycles. The molecule has 0 radical (unpaired) electrons. The van der Waals surface area contributed by atoms with E-state index in [1.807, 2.05) is 12.1 Å². The van der Waals surface area contributed by atoms with Crippen molar-refractivity contribution in [3.63, 3.8) is 0 Å². The van der Waals surface area contributed by atoms with Crippen molar-refractivity contribution in [3.8, 4) is 5.75 Å². The number of nitrogens with zero attached hydrogens (tertiary/aromatic N) is 2. The van der Waals surface area contributed by atoms with E-state index in [2.05, 4.69) is 24.1 Å². The summed E-state index contributed by atoms with van der Waals surface area (Å²) in [5.74, 6) is -0.209. The maximum Gasteiger partial charge on any atom is 0.343 e. The molecule has 1 saturated carbocycles. The van der Waals surface area contributed by atoms with Gasteiger partial charge in [-0.05, 0) is 97.7 Å². The summed E-state index contributed by atoms with van der Waals surface area (Å²) in [6.45, 7) is 8.42. The van der Waals surface area contributed by atoms with Gasteiger partial charge in [0.15, 0.2) is 0 Å². The Bertz CT molecular complexity index is 1600. The third-order valence-corrected chi connectivity index (χ3v) is 11.5. The van der Waals surface area contributed by atoms with E-state index in [0.717, 1.165) is 43.5 Å². The maximum absolute atomic E-state index is 13.3. The molecular weight excluding hydrogens is 642 g/mol. The van der Waals surface area contributed by atoms with Gasteiger partial charge in [-0.3, -0.25) is 0 Å². The molecule has 0 saturated heterocycles. The van der Waals surface area contributed by atoms with Crippen LogP contribution in [0, 0.1) is 11.8 Å². The lowest BCUT2D eigenvalue weighted by Gasteiger charge is -2.45. The molecule has 5 atom stereocenters. The average molecular weight is 688 g/mol. The minimum absolute atomic E-state index is 0.0228. The van der Waals surface area contributed by atoms with E-state index < -0.39 is 34.4 Å². The van der Waals surface area contributed by atoms with E-state index in [9.17, 15) is 23.4 Å². The molecule has 0 bridgehead atoms. The maximum atomic E-state index is 13.3. The number of methoxy groups -OCH3 is 1. The van der Waals surface area contributed by atoms with Gasteiger partial charge in [0.1, 0.15) is 5.75 Å². The zero-order valence-electron chi connectivity index (χ0n) is 26.9. The summed E-state index contributed by atoms with van der Waals surface area (Å²) in [5, 5.41) is 28.9. The zero-order chi connectivity index (χ0) is 34.0. The van der Waals surface area contributed by atoms with Crippen LogP contribution in [0.3, 0.4) is 0 Å². The highest BCUT2D eigenvalue weighted by atomic mass is 35.5. The van der Waals surface area contributed by atoms with Gasteiger partial charge >= 0.3 is 5.97 Å². The van der Waals surface area contributed by atoms with E-state index in [1.54, 1.807) is 30.4 Å². The zero-order valence-corrected chi connectivity index (χ0v) is 28.5. The third-order valence-electron chi connectivity index (χ3n) is 10.2. The summed E-state index contributed by atoms with van der Waals surface area (Å²) in [7, 11) is -3.14. The first kappa shape index (κ1) is 35.4. The molecule has 2 aromatic carbocycles. The van der Waals surface area contributed by atoms with Crippen molar-refractivity contribution in [2.45, 2.75) is 62.1 Å². The second kappa shape index (κ2) is 14.3. The number of hydrogen-bond donors (Lipinski definition) is 3. The van der Waals surface area contributed by atoms with E-state index in [1.165, 1.54) is 11.1 Å². The van der Waals surface area contributed by atoms with Gasteiger partial charge in [-0.15, -0.1) is 13.2 Å². The molecule has 47 heavy (non-hydrogen) atoms. The van der Waals surface area contributed by atoms with E-state index in [-0.39, 0.29) is 29.4 Å². The van der Waals surface area contributed by atoms with Gasteiger partial charge in [0, 0.05) is 30.1 Å². The monoisotopic (exact) mass is 687 g/mol. The van der Waals surface area contributed by atoms with Gasteiger partial charge in [-0.2, -0.15) is 12.7 Å². The van der Waals surface area contributed by atoms with Crippen LogP contribution >= 0.6 is 11.6 Å². The van der Waals surface area contributed by atoms with Crippen LogP contribution < -0.4 is 14.8 Å². The molecule has 2 aliphatic carbocycles. The minimum Gasteiger partial charge on any atom is -0.490 e. The van der Waals surface area contributed by atoms with Crippen molar-refractivity contribution in [2.24, 2.45) is 17.0 Å². The number of allylic oxidation sites excluding steroid dienone is 1. The number of esters is 1. The Morgan fingerprint density at radius 2 is 2.09 bits per heavy atom. The van der Waals surface area contributed by atoms with Crippen LogP contribution in [0.25, 0.3) is 0 Å². The predicted octanol–water partition coefficient (Wildman–Crippen LogP) is 4.22. The minimum atomic E-state index is -4.29. The highest BCUT2D eigenvalue weighted by molar-refractivity contribution is 7.86. The molecule has 0 aromatic heterocycles. The van der Waals surface area contributed by atoms with Gasteiger partial charge in [-0.25, -0.2) is 9.93 Å². The molecule has 256 valence electrons. The largest absolute Gasteiger partial charge is 0.490 e. The Balaban J connectivity index is 1.58. The average Bonchev–Trinajstić information content (AvgIpc) is 3.18. The lowest BCUT2D eigenvalue weighted by Crippen LogP contribution is -2.51. The van der Waals surface area contributed by atoms with Crippen molar-refractivity contribution in [1.82, 2.24) is 4.31 Å². The fourth-order valence-electron chi connectivity index (χ4n) is 7.51. The van der Waals surface area contributed by atoms with Crippen LogP contribution in [-0.4, -0.2) is 74.9 Å². The van der Waals surface area contributed by atoms with E-state index in [4.69, 9.17) is 26.2 Å². The number of ether oxygens (including phenoxy) is 2. The molecule has 4 N–H and O–H groups in total. The molecule has 1 heterocycles. The van der Waals surface area contributed by atoms with Crippen LogP contribution in [0.4, 0.5) is 5.69 Å². The Kier molecular flexibility index (Phi) is 10.7. The summed E-state index contributed by atoms with van der Waals surface area (Å²) < 4.78 is 37.7. The standard InChI is InChI=1S/C35H46ClN3O7S/c1-4-6-7-17-39(47(37,43)44)22-35(42,33(41)45-3)26-11-15-32-30(19-26)38(20-25-10-13-28(25)31(40)5-2)21-34(23-46-32)16-8-9-24-18-27(36)12-14-29(24)34/h4-5,11-12,14-15,18-19,25,28,31,40,42H,1-2,6-10,13,16-17,20-23H2,3H3,(H2,37,43,44)/t25-,28+,31-,34-,35?/m0/s1. The Morgan fingerprint density at radius 1 is 1.30 bits per heavy atom. The fourth-order valence-corrected chi connectivity index (χ4v) is 8.45. The predicted molar refractivity (Wildman–Crippen MR) is 183 cm³/mol. The van der Waals surface area contributed by atoms with Crippen LogP contribution in [0.15, 0.2) is 61.7 Å². The molecule has 10 nitrogen and oxygen atoms in total. The number of halogens is 1. The fraction of sp³-hybridized carbons (Fsp3) is 0.514. The van der Waals surface area contributed by atoms with Crippen LogP contribution in [0.1, 0.15) is 55.2 Å². The molecule has 3 aliphatic rings. The van der Waals surface area contributed by atoms with Gasteiger partial charge in [-0.1, -0.05) is 35.9 Å². The smallest absolute Gasteiger partial charge is 0.343 e. The van der Waals surface area contributed by atoms with Crippen molar-refractivity contribution in [2.75, 3.05) is 44.8 Å². The Morgan fingerprint density at radius 3 is 2.74 bits per heavy atom. The second-order valence-electron chi connectivity index (χ2n) is 13.2. The first-order valence-electron chi connectivity index (χ1n) is 16.2. The molecule has 5 rings (SSSR count). The van der Waals surface area contributed by atoms with Crippen LogP contribution in [0.5, 0.6) is 5.75 Å². The lowest BCUT2D eigenvalue weighted by atomic mass is 9.68. The topological polar surface area (TPSA) is 143 Å². The number of aliphatic hydroxyl groups is 2. The summed E-state index contributed by atoms with van der Waals surface area (Å²) in [4.78, 5) is 15.5. The normalized spacial score (nSPS) is 24.2. The molecule has 12 heteroatoms. The number of nitrogens with two attached hydrogens (primary N) is 1. The molecule has 0 amide bonds. The highest BCUT2D eigenvalue weighted by Gasteiger charge is 2.47. The van der Waals surface area contributed by atoms with Crippen molar-refractivity contribution in [1.29, 1.82) is 0 Å². The lowest BCUT2D eigenvalue weighted by molar-refractivity contribution is -0.164. The van der Waals surface area contributed by atoms with Crippen molar-refractivity contribution >= 4 is 33.5 Å². The molecule has 2 aromatic rings. The first-order valence-corrected chi connectivity index (χ1v) is 18.0. The molecule has 1 fully saturated rings. The van der Waals surface area contributed by atoms with Gasteiger partial charge < -0.3 is 24.6 Å². The number of rotatable bonds is 13. The quantitative estimate of drug-likeness (QED) is 0.162. The summed E-state index contributed by atoms with van der Waals surface area (Å²) in [6, 6.07) is 11.0.